The third kappa shape index (κ3) is 5.25. The summed E-state index contributed by atoms with van der Waals surface area (Å²) in [5, 5.41) is 15.0. The summed E-state index contributed by atoms with van der Waals surface area (Å²) in [6.45, 7) is 1.78. The van der Waals surface area contributed by atoms with Gasteiger partial charge in [-0.2, -0.15) is 10.1 Å². The van der Waals surface area contributed by atoms with Gasteiger partial charge in [0.15, 0.2) is 11.2 Å². The maximum absolute atomic E-state index is 12.6. The van der Waals surface area contributed by atoms with Crippen molar-refractivity contribution in [2.24, 2.45) is 12.1 Å². The predicted octanol–water partition coefficient (Wildman–Crippen LogP) is 1.71. The zero-order valence-electron chi connectivity index (χ0n) is 19.6. The molecule has 1 atom stereocenters. The number of aryl methyl sites for hydroxylation is 1. The Hall–Kier alpha value is -4.38. The molecule has 11 nitrogen and oxygen atoms in total. The van der Waals surface area contributed by atoms with Crippen LogP contribution in [0, 0.1) is 0 Å². The van der Waals surface area contributed by atoms with Crippen LogP contribution in [-0.4, -0.2) is 49.7 Å². The second-order valence-corrected chi connectivity index (χ2v) is 7.85. The molecule has 2 heterocycles. The summed E-state index contributed by atoms with van der Waals surface area (Å²) in [7, 11) is 3.10. The summed E-state index contributed by atoms with van der Waals surface area (Å²) in [4.78, 5) is 31.4. The smallest absolute Gasteiger partial charge is 0.329 e. The van der Waals surface area contributed by atoms with E-state index < -0.39 is 17.4 Å². The van der Waals surface area contributed by atoms with Crippen molar-refractivity contribution >= 4 is 22.8 Å². The monoisotopic (exact) mass is 478 g/mol. The minimum atomic E-state index is -0.976. The number of nitrogens with one attached hydrogen (secondary N) is 2. The highest BCUT2D eigenvalue weighted by molar-refractivity contribution is 5.99. The summed E-state index contributed by atoms with van der Waals surface area (Å²) in [5.74, 6) is 1.53. The minimum absolute atomic E-state index is 0.0130. The van der Waals surface area contributed by atoms with Crippen molar-refractivity contribution in [3.8, 4) is 11.5 Å². The number of aliphatic hydroxyl groups excluding tert-OH is 1. The molecular weight excluding hydrogens is 452 g/mol. The Kier molecular flexibility index (Phi) is 6.97. The van der Waals surface area contributed by atoms with E-state index in [1.165, 1.54) is 16.2 Å². The quantitative estimate of drug-likeness (QED) is 0.246. The Labute approximate surface area is 200 Å². The van der Waals surface area contributed by atoms with Crippen molar-refractivity contribution in [3.63, 3.8) is 0 Å². The number of imidazole rings is 1. The largest absolute Gasteiger partial charge is 0.497 e. The number of para-hydroxylation sites is 1. The number of ether oxygens (including phenoxy) is 2. The van der Waals surface area contributed by atoms with Crippen LogP contribution in [0.1, 0.15) is 12.5 Å². The van der Waals surface area contributed by atoms with Crippen LogP contribution in [0.25, 0.3) is 11.2 Å². The van der Waals surface area contributed by atoms with Gasteiger partial charge in [0, 0.05) is 7.05 Å². The van der Waals surface area contributed by atoms with Crippen LogP contribution in [0.15, 0.2) is 69.3 Å². The zero-order valence-corrected chi connectivity index (χ0v) is 19.6. The average Bonchev–Trinajstić information content (AvgIpc) is 3.24. The molecule has 35 heavy (non-hydrogen) atoms. The minimum Gasteiger partial charge on any atom is -0.497 e. The predicted molar refractivity (Wildman–Crippen MR) is 132 cm³/mol. The molecule has 0 aliphatic heterocycles. The first-order valence-electron chi connectivity index (χ1n) is 10.9. The third-order valence-corrected chi connectivity index (χ3v) is 5.42. The Bertz CT molecular complexity index is 1450. The number of H-pyrrole nitrogens is 1. The number of hydrazone groups is 1. The molecule has 0 radical (unpaired) electrons. The lowest BCUT2D eigenvalue weighted by Gasteiger charge is -2.15. The number of aromatic amines is 1. The van der Waals surface area contributed by atoms with Gasteiger partial charge < -0.3 is 19.1 Å². The van der Waals surface area contributed by atoms with Crippen LogP contribution in [0.4, 0.5) is 5.95 Å². The first-order chi connectivity index (χ1) is 16.9. The first kappa shape index (κ1) is 23.8. The Morgan fingerprint density at radius 2 is 1.86 bits per heavy atom. The molecule has 2 aromatic heterocycles. The first-order valence-corrected chi connectivity index (χ1v) is 10.9. The molecule has 2 aromatic carbocycles. The lowest BCUT2D eigenvalue weighted by molar-refractivity contribution is 0.0938. The van der Waals surface area contributed by atoms with Gasteiger partial charge in [-0.05, 0) is 48.9 Å². The summed E-state index contributed by atoms with van der Waals surface area (Å²) < 4.78 is 13.5. The molecule has 0 aliphatic rings. The lowest BCUT2D eigenvalue weighted by Crippen LogP contribution is -2.30. The van der Waals surface area contributed by atoms with Crippen LogP contribution in [-0.2, 0) is 13.6 Å². The number of aromatic nitrogens is 4. The van der Waals surface area contributed by atoms with Crippen molar-refractivity contribution in [1.82, 2.24) is 19.1 Å². The number of rotatable bonds is 9. The van der Waals surface area contributed by atoms with E-state index >= 15 is 0 Å². The second kappa shape index (κ2) is 10.3. The molecule has 11 heteroatoms. The van der Waals surface area contributed by atoms with Crippen LogP contribution in [0.3, 0.4) is 0 Å². The zero-order chi connectivity index (χ0) is 24.9. The van der Waals surface area contributed by atoms with E-state index in [2.05, 4.69) is 20.5 Å². The number of methoxy groups -OCH3 is 1. The highest BCUT2D eigenvalue weighted by atomic mass is 16.5. The lowest BCUT2D eigenvalue weighted by atomic mass is 10.1. The third-order valence-electron chi connectivity index (χ3n) is 5.42. The maximum Gasteiger partial charge on any atom is 0.329 e. The number of benzene rings is 2. The molecule has 4 rings (SSSR count). The highest BCUT2D eigenvalue weighted by Gasteiger charge is 2.20. The molecule has 0 saturated carbocycles. The van der Waals surface area contributed by atoms with Crippen molar-refractivity contribution < 1.29 is 14.6 Å². The fourth-order valence-corrected chi connectivity index (χ4v) is 3.50. The van der Waals surface area contributed by atoms with Gasteiger partial charge in [-0.25, -0.2) is 10.2 Å². The fraction of sp³-hybridized carbons (Fsp3) is 0.250. The highest BCUT2D eigenvalue weighted by Crippen LogP contribution is 2.18. The van der Waals surface area contributed by atoms with Gasteiger partial charge in [-0.15, -0.1) is 0 Å². The van der Waals surface area contributed by atoms with Gasteiger partial charge >= 0.3 is 5.69 Å². The van der Waals surface area contributed by atoms with E-state index in [9.17, 15) is 14.7 Å². The SMILES string of the molecule is COc1ccc(C(C)=NNc2nc3c(c(=O)[nH]c(=O)n3C)n2CC(O)COc2ccccc2)cc1. The summed E-state index contributed by atoms with van der Waals surface area (Å²) in [6.07, 6.45) is -0.976. The number of anilines is 1. The molecule has 0 saturated heterocycles. The summed E-state index contributed by atoms with van der Waals surface area (Å²) in [5.41, 5.74) is 3.46. The van der Waals surface area contributed by atoms with Crippen molar-refractivity contribution in [2.75, 3.05) is 19.1 Å². The van der Waals surface area contributed by atoms with Crippen LogP contribution in [0.2, 0.25) is 0 Å². The van der Waals surface area contributed by atoms with Crippen LogP contribution >= 0.6 is 0 Å². The van der Waals surface area contributed by atoms with Gasteiger partial charge in [-0.3, -0.25) is 14.3 Å². The van der Waals surface area contributed by atoms with E-state index in [1.54, 1.807) is 19.2 Å². The molecule has 0 fully saturated rings. The standard InChI is InChI=1S/C24H26N6O5/c1-15(16-9-11-18(34-3)12-10-16)27-28-23-25-21-20(22(32)26-24(33)29(21)2)30(23)13-17(31)14-35-19-7-5-4-6-8-19/h4-12,17,31H,13-14H2,1-3H3,(H,25,28)(H,26,32,33). The normalized spacial score (nSPS) is 12.5. The van der Waals surface area contributed by atoms with Gasteiger partial charge in [0.2, 0.25) is 5.95 Å². The van der Waals surface area contributed by atoms with Gasteiger partial charge in [0.05, 0.1) is 19.4 Å². The Morgan fingerprint density at radius 1 is 1.14 bits per heavy atom. The molecule has 0 bridgehead atoms. The van der Waals surface area contributed by atoms with Crippen LogP contribution < -0.4 is 26.1 Å². The van der Waals surface area contributed by atoms with E-state index in [-0.39, 0.29) is 30.3 Å². The molecule has 3 N–H and O–H groups in total. The van der Waals surface area contributed by atoms with E-state index in [0.29, 0.717) is 11.5 Å². The summed E-state index contributed by atoms with van der Waals surface area (Å²) in [6, 6.07) is 16.5. The number of fused-ring (bicyclic) bond motifs is 1. The van der Waals surface area contributed by atoms with E-state index in [0.717, 1.165) is 11.3 Å². The number of nitrogens with zero attached hydrogens (tertiary/aromatic N) is 4. The Balaban J connectivity index is 1.64. The molecule has 0 spiro atoms. The van der Waals surface area contributed by atoms with Crippen molar-refractivity contribution in [1.29, 1.82) is 0 Å². The molecule has 0 amide bonds. The number of aliphatic hydroxyl groups is 1. The fourth-order valence-electron chi connectivity index (χ4n) is 3.50. The van der Waals surface area contributed by atoms with E-state index in [4.69, 9.17) is 9.47 Å². The number of hydrogen-bond acceptors (Lipinski definition) is 8. The van der Waals surface area contributed by atoms with Gasteiger partial charge in [-0.1, -0.05) is 18.2 Å². The maximum atomic E-state index is 12.6. The molecule has 1 unspecified atom stereocenters. The topological polar surface area (TPSA) is 136 Å². The average molecular weight is 479 g/mol. The molecule has 0 aliphatic carbocycles. The molecule has 182 valence electrons. The van der Waals surface area contributed by atoms with Crippen molar-refractivity contribution in [3.05, 3.63) is 81.0 Å². The van der Waals surface area contributed by atoms with Gasteiger partial charge in [0.25, 0.3) is 5.56 Å². The van der Waals surface area contributed by atoms with Crippen molar-refractivity contribution in [2.45, 2.75) is 19.6 Å². The van der Waals surface area contributed by atoms with Crippen LogP contribution in [0.5, 0.6) is 11.5 Å². The second-order valence-electron chi connectivity index (χ2n) is 7.85. The Morgan fingerprint density at radius 3 is 2.54 bits per heavy atom. The van der Waals surface area contributed by atoms with E-state index in [1.807, 2.05) is 49.4 Å². The molecule has 4 aromatic rings. The number of hydrogen-bond donors (Lipinski definition) is 3. The molecular formula is C24H26N6O5. The van der Waals surface area contributed by atoms with Gasteiger partial charge in [0.1, 0.15) is 24.2 Å². The summed E-state index contributed by atoms with van der Waals surface area (Å²) >= 11 is 0.